The quantitative estimate of drug-likeness (QED) is 0.727. The van der Waals surface area contributed by atoms with Crippen LogP contribution in [0.1, 0.15) is 12.8 Å². The standard InChI is InChI=1S/C19H15ClN4O2/c20-13-1-3-16(15(10-13)19(25)26)23-14-2-4-17-12(9-14)5-8-24(17)18-11-21-6-7-22-18/h2,4-11,23H,1,3H2,(H,25,26). The van der Waals surface area contributed by atoms with Gasteiger partial charge in [-0.05, 0) is 43.2 Å². The molecular weight excluding hydrogens is 352 g/mol. The summed E-state index contributed by atoms with van der Waals surface area (Å²) >= 11 is 5.98. The predicted octanol–water partition coefficient (Wildman–Crippen LogP) is 4.09. The highest BCUT2D eigenvalue weighted by Crippen LogP contribution is 2.29. The Morgan fingerprint density at radius 2 is 2.12 bits per heavy atom. The van der Waals surface area contributed by atoms with Crippen LogP contribution in [0.4, 0.5) is 5.69 Å². The molecule has 0 radical (unpaired) electrons. The molecule has 0 saturated heterocycles. The van der Waals surface area contributed by atoms with E-state index in [0.717, 1.165) is 22.4 Å². The molecule has 130 valence electrons. The van der Waals surface area contributed by atoms with Gasteiger partial charge in [-0.1, -0.05) is 11.6 Å². The van der Waals surface area contributed by atoms with Gasteiger partial charge >= 0.3 is 5.97 Å². The maximum Gasteiger partial charge on any atom is 0.337 e. The van der Waals surface area contributed by atoms with Crippen LogP contribution in [0.25, 0.3) is 16.7 Å². The van der Waals surface area contributed by atoms with Gasteiger partial charge in [0, 0.05) is 40.4 Å². The highest BCUT2D eigenvalue weighted by Gasteiger charge is 2.18. The second-order valence-electron chi connectivity index (χ2n) is 5.94. The number of rotatable bonds is 4. The van der Waals surface area contributed by atoms with E-state index in [1.54, 1.807) is 18.6 Å². The molecule has 0 saturated carbocycles. The number of carboxylic acids is 1. The summed E-state index contributed by atoms with van der Waals surface area (Å²) in [5.41, 5.74) is 2.69. The molecule has 4 rings (SSSR count). The van der Waals surface area contributed by atoms with Crippen molar-refractivity contribution in [2.24, 2.45) is 0 Å². The van der Waals surface area contributed by atoms with E-state index in [0.29, 0.717) is 23.6 Å². The maximum atomic E-state index is 11.5. The first-order chi connectivity index (χ1) is 12.6. The molecule has 1 aromatic carbocycles. The normalized spacial score (nSPS) is 14.4. The Hall–Kier alpha value is -3.12. The lowest BCUT2D eigenvalue weighted by molar-refractivity contribution is -0.132. The Morgan fingerprint density at radius 3 is 2.88 bits per heavy atom. The Morgan fingerprint density at radius 1 is 1.23 bits per heavy atom. The zero-order valence-electron chi connectivity index (χ0n) is 13.7. The number of aliphatic carboxylic acids is 1. The van der Waals surface area contributed by atoms with Crippen molar-refractivity contribution in [3.05, 3.63) is 71.4 Å². The minimum absolute atomic E-state index is 0.207. The van der Waals surface area contributed by atoms with Crippen molar-refractivity contribution < 1.29 is 9.90 Å². The van der Waals surface area contributed by atoms with E-state index in [1.165, 1.54) is 6.08 Å². The molecule has 0 amide bonds. The fourth-order valence-electron chi connectivity index (χ4n) is 3.03. The first kappa shape index (κ1) is 16.4. The van der Waals surface area contributed by atoms with Crippen LogP contribution >= 0.6 is 11.6 Å². The van der Waals surface area contributed by atoms with Gasteiger partial charge in [0.2, 0.25) is 0 Å². The Bertz CT molecular complexity index is 1050. The van der Waals surface area contributed by atoms with E-state index >= 15 is 0 Å². The summed E-state index contributed by atoms with van der Waals surface area (Å²) < 4.78 is 1.96. The zero-order valence-corrected chi connectivity index (χ0v) is 14.4. The molecule has 0 atom stereocenters. The largest absolute Gasteiger partial charge is 0.478 e. The first-order valence-electron chi connectivity index (χ1n) is 8.09. The molecule has 3 aromatic rings. The molecule has 0 unspecified atom stereocenters. The number of nitrogens with zero attached hydrogens (tertiary/aromatic N) is 3. The number of carbonyl (C=O) groups is 1. The third-order valence-electron chi connectivity index (χ3n) is 4.25. The highest BCUT2D eigenvalue weighted by molar-refractivity contribution is 6.30. The number of carboxylic acid groups (broad SMARTS) is 1. The number of halogens is 1. The fourth-order valence-corrected chi connectivity index (χ4v) is 3.23. The van der Waals surface area contributed by atoms with Crippen molar-refractivity contribution in [2.45, 2.75) is 12.8 Å². The van der Waals surface area contributed by atoms with Crippen molar-refractivity contribution in [3.8, 4) is 5.82 Å². The van der Waals surface area contributed by atoms with E-state index in [-0.39, 0.29) is 5.57 Å². The zero-order chi connectivity index (χ0) is 18.1. The van der Waals surface area contributed by atoms with Crippen LogP contribution in [0, 0.1) is 0 Å². The minimum Gasteiger partial charge on any atom is -0.478 e. The molecule has 1 aliphatic carbocycles. The number of nitrogens with one attached hydrogen (secondary N) is 1. The number of allylic oxidation sites excluding steroid dienone is 2. The van der Waals surface area contributed by atoms with E-state index in [4.69, 9.17) is 11.6 Å². The van der Waals surface area contributed by atoms with Crippen LogP contribution in [0.15, 0.2) is 71.4 Å². The molecule has 2 N–H and O–H groups in total. The molecule has 0 spiro atoms. The SMILES string of the molecule is O=C(O)C1=C(Nc2ccc3c(ccn3-c3cnccn3)c2)CCC(Cl)=C1. The monoisotopic (exact) mass is 366 g/mol. The Kier molecular flexibility index (Phi) is 4.18. The summed E-state index contributed by atoms with van der Waals surface area (Å²) in [4.78, 5) is 19.9. The number of benzene rings is 1. The van der Waals surface area contributed by atoms with E-state index < -0.39 is 5.97 Å². The average molecular weight is 367 g/mol. The summed E-state index contributed by atoms with van der Waals surface area (Å²) in [6.45, 7) is 0. The average Bonchev–Trinajstić information content (AvgIpc) is 3.07. The molecule has 0 fully saturated rings. The molecule has 6 nitrogen and oxygen atoms in total. The Balaban J connectivity index is 1.69. The first-order valence-corrected chi connectivity index (χ1v) is 8.46. The lowest BCUT2D eigenvalue weighted by atomic mass is 10.0. The molecule has 7 heteroatoms. The van der Waals surface area contributed by atoms with Gasteiger partial charge in [0.05, 0.1) is 17.3 Å². The van der Waals surface area contributed by atoms with Gasteiger partial charge in [-0.15, -0.1) is 0 Å². The molecule has 0 aliphatic heterocycles. The lowest BCUT2D eigenvalue weighted by Gasteiger charge is -2.17. The van der Waals surface area contributed by atoms with Crippen molar-refractivity contribution in [1.82, 2.24) is 14.5 Å². The van der Waals surface area contributed by atoms with Crippen LogP contribution in [0.3, 0.4) is 0 Å². The number of fused-ring (bicyclic) bond motifs is 1. The van der Waals surface area contributed by atoms with Gasteiger partial charge in [-0.25, -0.2) is 9.78 Å². The van der Waals surface area contributed by atoms with Gasteiger partial charge in [0.15, 0.2) is 5.82 Å². The molecule has 1 aliphatic rings. The second kappa shape index (κ2) is 6.65. The third kappa shape index (κ3) is 3.07. The minimum atomic E-state index is -0.986. The highest BCUT2D eigenvalue weighted by atomic mass is 35.5. The van der Waals surface area contributed by atoms with Gasteiger partial charge < -0.3 is 10.4 Å². The third-order valence-corrected chi connectivity index (χ3v) is 4.55. The molecule has 0 bridgehead atoms. The van der Waals surface area contributed by atoms with Gasteiger partial charge in [-0.3, -0.25) is 9.55 Å². The maximum absolute atomic E-state index is 11.5. The molecule has 26 heavy (non-hydrogen) atoms. The van der Waals surface area contributed by atoms with Gasteiger partial charge in [0.25, 0.3) is 0 Å². The van der Waals surface area contributed by atoms with E-state index in [1.807, 2.05) is 35.0 Å². The Labute approximate surface area is 154 Å². The van der Waals surface area contributed by atoms with Crippen molar-refractivity contribution in [2.75, 3.05) is 5.32 Å². The van der Waals surface area contributed by atoms with Crippen LogP contribution in [0.2, 0.25) is 0 Å². The van der Waals surface area contributed by atoms with Crippen molar-refractivity contribution in [1.29, 1.82) is 0 Å². The van der Waals surface area contributed by atoms with E-state index in [2.05, 4.69) is 15.3 Å². The van der Waals surface area contributed by atoms with Crippen LogP contribution in [-0.4, -0.2) is 25.6 Å². The number of anilines is 1. The van der Waals surface area contributed by atoms with E-state index in [9.17, 15) is 9.90 Å². The summed E-state index contributed by atoms with van der Waals surface area (Å²) in [5.74, 6) is -0.244. The fraction of sp³-hybridized carbons (Fsp3) is 0.105. The lowest BCUT2D eigenvalue weighted by Crippen LogP contribution is -2.12. The summed E-state index contributed by atoms with van der Waals surface area (Å²) in [6, 6.07) is 7.86. The molecule has 2 heterocycles. The van der Waals surface area contributed by atoms with Gasteiger partial charge in [-0.2, -0.15) is 0 Å². The molecule has 2 aromatic heterocycles. The molecular formula is C19H15ClN4O2. The predicted molar refractivity (Wildman–Crippen MR) is 100 cm³/mol. The van der Waals surface area contributed by atoms with Gasteiger partial charge in [0.1, 0.15) is 0 Å². The number of hydrogen-bond donors (Lipinski definition) is 2. The summed E-state index contributed by atoms with van der Waals surface area (Å²) in [5, 5.41) is 14.2. The second-order valence-corrected chi connectivity index (χ2v) is 6.42. The van der Waals surface area contributed by atoms with Crippen LogP contribution in [0.5, 0.6) is 0 Å². The number of aromatic nitrogens is 3. The van der Waals surface area contributed by atoms with Crippen molar-refractivity contribution >= 4 is 34.2 Å². The van der Waals surface area contributed by atoms with Crippen LogP contribution in [-0.2, 0) is 4.79 Å². The van der Waals surface area contributed by atoms with Crippen LogP contribution < -0.4 is 5.32 Å². The van der Waals surface area contributed by atoms with Crippen molar-refractivity contribution in [3.63, 3.8) is 0 Å². The number of hydrogen-bond acceptors (Lipinski definition) is 4. The topological polar surface area (TPSA) is 80.0 Å². The summed E-state index contributed by atoms with van der Waals surface area (Å²) in [7, 11) is 0. The summed E-state index contributed by atoms with van der Waals surface area (Å²) in [6.07, 6.45) is 9.63. The smallest absolute Gasteiger partial charge is 0.337 e.